The zero-order chi connectivity index (χ0) is 2.00. The zero-order valence-electron chi connectivity index (χ0n) is 2.27. The largest absolute Gasteiger partial charge is 1.00 e. The predicted octanol–water partition coefficient (Wildman–Crippen LogP) is -5.60. The van der Waals surface area contributed by atoms with Gasteiger partial charge in [0.05, 0.1) is 0 Å². The molecule has 0 fully saturated rings. The van der Waals surface area contributed by atoms with Crippen LogP contribution in [0.15, 0.2) is 0 Å². The molecule has 4 heavy (non-hydrogen) atoms. The Balaban J connectivity index is -0.00000000500. The van der Waals surface area contributed by atoms with E-state index in [2.05, 4.69) is 12.9 Å². The molecule has 0 bridgehead atoms. The van der Waals surface area contributed by atoms with Gasteiger partial charge in [0.25, 0.3) is 0 Å². The van der Waals surface area contributed by atoms with Gasteiger partial charge in [-0.25, -0.2) is 0 Å². The van der Waals surface area contributed by atoms with Crippen molar-refractivity contribution in [1.29, 1.82) is 0 Å². The van der Waals surface area contributed by atoms with Gasteiger partial charge in [-0.2, -0.15) is 0 Å². The smallest absolute Gasteiger partial charge is 1.00 e. The molecule has 0 spiro atoms. The molecule has 0 aromatic heterocycles. The molecule has 1 nitrogen and oxygen atoms in total. The van der Waals surface area contributed by atoms with Crippen molar-refractivity contribution in [1.82, 2.24) is 0 Å². The Morgan fingerprint density at radius 1 is 1.25 bits per heavy atom. The van der Waals surface area contributed by atoms with E-state index in [1.165, 1.54) is 0 Å². The Morgan fingerprint density at radius 3 is 1.25 bits per heavy atom. The van der Waals surface area contributed by atoms with Crippen molar-refractivity contribution in [2.75, 3.05) is 0 Å². The standard InChI is InChI=1S/FH.K.H2OS/c;;1-2/h1H;;1-2H/q;+1;/p-1. The molecule has 22 valence electrons. The fourth-order valence-electron chi connectivity index (χ4n) is 0. The summed E-state index contributed by atoms with van der Waals surface area (Å²) in [5.74, 6) is 0. The van der Waals surface area contributed by atoms with Gasteiger partial charge in [-0.3, -0.25) is 0 Å². The number of hydrogen-bond donors (Lipinski definition) is 2. The number of hydrogen-bond acceptors (Lipinski definition) is 2. The molecule has 0 atom stereocenters. The molecule has 0 unspecified atom stereocenters. The molecular weight excluding hydrogens is 106 g/mol. The Morgan fingerprint density at radius 2 is 1.25 bits per heavy atom. The first-order valence-corrected chi connectivity index (χ1v) is 0.600. The van der Waals surface area contributed by atoms with Crippen LogP contribution < -0.4 is 56.1 Å². The third kappa shape index (κ3) is 9.11. The van der Waals surface area contributed by atoms with Crippen LogP contribution in [-0.4, -0.2) is 4.55 Å². The topological polar surface area (TPSA) is 20.2 Å². The zero-order valence-corrected chi connectivity index (χ0v) is 6.29. The van der Waals surface area contributed by atoms with Crippen LogP contribution in [0.4, 0.5) is 0 Å². The maximum Gasteiger partial charge on any atom is 1.00 e. The second kappa shape index (κ2) is 20.8. The van der Waals surface area contributed by atoms with Gasteiger partial charge >= 0.3 is 51.4 Å². The molecule has 0 aliphatic rings. The number of halogens is 1. The maximum absolute atomic E-state index is 6.69. The van der Waals surface area contributed by atoms with Gasteiger partial charge < -0.3 is 9.26 Å². The van der Waals surface area contributed by atoms with Crippen molar-refractivity contribution in [2.45, 2.75) is 0 Å². The first-order chi connectivity index (χ1) is 1.00. The van der Waals surface area contributed by atoms with Gasteiger partial charge in [0, 0.05) is 0 Å². The average molecular weight is 108 g/mol. The van der Waals surface area contributed by atoms with Crippen molar-refractivity contribution < 1.29 is 60.6 Å². The molecule has 1 N–H and O–H groups in total. The van der Waals surface area contributed by atoms with Gasteiger partial charge in [-0.15, -0.1) is 0 Å². The van der Waals surface area contributed by atoms with Crippen LogP contribution in [0.1, 0.15) is 0 Å². The number of rotatable bonds is 0. The van der Waals surface area contributed by atoms with Gasteiger partial charge in [0.15, 0.2) is 0 Å². The maximum atomic E-state index is 6.69. The summed E-state index contributed by atoms with van der Waals surface area (Å²) < 4.78 is 6.69. The molecule has 4 heteroatoms. The minimum atomic E-state index is 0. The van der Waals surface area contributed by atoms with Crippen LogP contribution in [0.3, 0.4) is 0 Å². The molecule has 0 aromatic carbocycles. The molecule has 0 radical (unpaired) electrons. The molecule has 0 aliphatic heterocycles. The van der Waals surface area contributed by atoms with E-state index in [4.69, 9.17) is 4.55 Å². The minimum Gasteiger partial charge on any atom is -1.00 e. The third-order valence-corrected chi connectivity index (χ3v) is 0. The summed E-state index contributed by atoms with van der Waals surface area (Å²) in [7, 11) is 0. The van der Waals surface area contributed by atoms with E-state index in [0.717, 1.165) is 0 Å². The third-order valence-electron chi connectivity index (χ3n) is 0. The first kappa shape index (κ1) is 16.9. The normalized spacial score (nSPS) is 1.50. The minimum absolute atomic E-state index is 0. The molecule has 0 rings (SSSR count). The van der Waals surface area contributed by atoms with Crippen LogP contribution >= 0.6 is 12.9 Å². The molecule has 0 amide bonds. The van der Waals surface area contributed by atoms with Gasteiger partial charge in [0.1, 0.15) is 0 Å². The molecule has 0 saturated heterocycles. The Labute approximate surface area is 72.2 Å². The summed E-state index contributed by atoms with van der Waals surface area (Å²) in [6.07, 6.45) is 0. The summed E-state index contributed by atoms with van der Waals surface area (Å²) in [6.45, 7) is 0. The molecule has 0 heterocycles. The van der Waals surface area contributed by atoms with E-state index in [1.807, 2.05) is 0 Å². The van der Waals surface area contributed by atoms with Crippen molar-refractivity contribution in [2.24, 2.45) is 0 Å². The summed E-state index contributed by atoms with van der Waals surface area (Å²) in [4.78, 5) is 0. The first-order valence-electron chi connectivity index (χ1n) is 0.200. The van der Waals surface area contributed by atoms with E-state index in [-0.39, 0.29) is 56.1 Å². The summed E-state index contributed by atoms with van der Waals surface area (Å²) in [6, 6.07) is 0. The predicted molar refractivity (Wildman–Crippen MR) is 11.6 cm³/mol. The summed E-state index contributed by atoms with van der Waals surface area (Å²) in [5.41, 5.74) is 0. The van der Waals surface area contributed by atoms with Gasteiger partial charge in [0.2, 0.25) is 0 Å². The van der Waals surface area contributed by atoms with Crippen LogP contribution in [-0.2, 0) is 0 Å². The van der Waals surface area contributed by atoms with Crippen molar-refractivity contribution in [3.63, 3.8) is 0 Å². The quantitative estimate of drug-likeness (QED) is 0.180. The van der Waals surface area contributed by atoms with Crippen LogP contribution in [0.5, 0.6) is 0 Å². The monoisotopic (exact) mass is 108 g/mol. The fourth-order valence-corrected chi connectivity index (χ4v) is 0. The molecular formula is H2FKOS. The van der Waals surface area contributed by atoms with Crippen molar-refractivity contribution in [3.8, 4) is 0 Å². The van der Waals surface area contributed by atoms with Gasteiger partial charge in [-0.05, 0) is 12.9 Å². The fraction of sp³-hybridized carbons (Fsp3) is 0. The second-order valence-corrected chi connectivity index (χ2v) is 0. The van der Waals surface area contributed by atoms with Gasteiger partial charge in [-0.1, -0.05) is 0 Å². The van der Waals surface area contributed by atoms with Crippen LogP contribution in [0, 0.1) is 0 Å². The van der Waals surface area contributed by atoms with E-state index < -0.39 is 0 Å². The Hall–Kier alpha value is 1.88. The molecule has 0 aliphatic carbocycles. The van der Waals surface area contributed by atoms with Crippen LogP contribution in [0.25, 0.3) is 0 Å². The molecule has 0 saturated carbocycles. The summed E-state index contributed by atoms with van der Waals surface area (Å²) >= 11 is 2.53. The summed E-state index contributed by atoms with van der Waals surface area (Å²) in [5, 5.41) is 0. The second-order valence-electron chi connectivity index (χ2n) is 0. The molecule has 0 aromatic rings. The average Bonchev–Trinajstić information content (AvgIpc) is 1.00. The van der Waals surface area contributed by atoms with E-state index >= 15 is 0 Å². The SMILES string of the molecule is OS.[F-].[K+]. The van der Waals surface area contributed by atoms with E-state index in [1.54, 1.807) is 0 Å². The van der Waals surface area contributed by atoms with Crippen LogP contribution in [0.2, 0.25) is 0 Å². The Kier molecular flexibility index (Phi) is 87.9. The van der Waals surface area contributed by atoms with E-state index in [0.29, 0.717) is 0 Å². The van der Waals surface area contributed by atoms with Crippen molar-refractivity contribution in [3.05, 3.63) is 0 Å². The number of thiol groups is 1. The Bertz CT molecular complexity index is 8.00. The van der Waals surface area contributed by atoms with Crippen molar-refractivity contribution >= 4 is 12.9 Å². The van der Waals surface area contributed by atoms with E-state index in [9.17, 15) is 0 Å².